The number of halogens is 1. The van der Waals surface area contributed by atoms with Crippen LogP contribution in [0.4, 0.5) is 5.69 Å². The molecule has 0 unspecified atom stereocenters. The zero-order valence-electron chi connectivity index (χ0n) is 15.9. The van der Waals surface area contributed by atoms with E-state index in [9.17, 15) is 0 Å². The molecule has 0 spiro atoms. The molecule has 1 saturated heterocycles. The predicted octanol–water partition coefficient (Wildman–Crippen LogP) is 4.87. The summed E-state index contributed by atoms with van der Waals surface area (Å²) in [6, 6.07) is 13.7. The van der Waals surface area contributed by atoms with Crippen LogP contribution in [-0.2, 0) is 0 Å². The van der Waals surface area contributed by atoms with Crippen molar-refractivity contribution in [3.63, 3.8) is 0 Å². The average molecular weight is 413 g/mol. The van der Waals surface area contributed by atoms with Crippen molar-refractivity contribution in [3.8, 4) is 5.75 Å². The Morgan fingerprint density at radius 1 is 1.18 bits per heavy atom. The second kappa shape index (κ2) is 7.45. The molecule has 0 bridgehead atoms. The summed E-state index contributed by atoms with van der Waals surface area (Å²) in [7, 11) is 1.61. The van der Waals surface area contributed by atoms with E-state index in [2.05, 4.69) is 40.1 Å². The first-order valence-corrected chi connectivity index (χ1v) is 9.78. The first kappa shape index (κ1) is 18.8. The number of hydrogen-bond donors (Lipinski definition) is 2. The Morgan fingerprint density at radius 3 is 2.61 bits per heavy atom. The third-order valence-corrected chi connectivity index (χ3v) is 5.63. The van der Waals surface area contributed by atoms with Crippen LogP contribution in [0, 0.1) is 13.8 Å². The summed E-state index contributed by atoms with van der Waals surface area (Å²) in [5, 5.41) is 4.64. The quantitative estimate of drug-likeness (QED) is 0.599. The van der Waals surface area contributed by atoms with E-state index >= 15 is 0 Å². The highest BCUT2D eigenvalue weighted by Crippen LogP contribution is 2.43. The van der Waals surface area contributed by atoms with Gasteiger partial charge in [-0.3, -0.25) is 4.98 Å². The maximum atomic E-state index is 6.40. The van der Waals surface area contributed by atoms with Crippen LogP contribution in [0.1, 0.15) is 34.7 Å². The number of anilines is 1. The van der Waals surface area contributed by atoms with E-state index in [1.54, 1.807) is 13.3 Å². The van der Waals surface area contributed by atoms with Crippen LogP contribution in [0.5, 0.6) is 5.75 Å². The number of aromatic amines is 1. The number of aryl methyl sites for hydroxylation is 2. The number of pyridine rings is 1. The fraction of sp³-hybridized carbons (Fsp3) is 0.238. The number of hydrogen-bond acceptors (Lipinski definition) is 3. The predicted molar refractivity (Wildman–Crippen MR) is 116 cm³/mol. The molecule has 0 amide bonds. The lowest BCUT2D eigenvalue weighted by atomic mass is 9.96. The van der Waals surface area contributed by atoms with Crippen molar-refractivity contribution in [2.24, 2.45) is 0 Å². The molecule has 1 aliphatic rings. The van der Waals surface area contributed by atoms with Gasteiger partial charge in [0.25, 0.3) is 0 Å². The number of ether oxygens (including phenoxy) is 1. The van der Waals surface area contributed by atoms with Crippen LogP contribution in [0.15, 0.2) is 48.7 Å². The Morgan fingerprint density at radius 2 is 2.00 bits per heavy atom. The van der Waals surface area contributed by atoms with Crippen LogP contribution in [0.2, 0.25) is 5.02 Å². The number of aromatic nitrogens is 2. The van der Waals surface area contributed by atoms with Gasteiger partial charge in [-0.05, 0) is 68.0 Å². The van der Waals surface area contributed by atoms with Crippen LogP contribution in [-0.4, -0.2) is 22.2 Å². The lowest BCUT2D eigenvalue weighted by molar-refractivity contribution is 0.415. The summed E-state index contributed by atoms with van der Waals surface area (Å²) in [5.74, 6) is 0.634. The summed E-state index contributed by atoms with van der Waals surface area (Å²) < 4.78 is 5.30. The minimum atomic E-state index is -0.0801. The minimum absolute atomic E-state index is 0.0585. The molecule has 2 atom stereocenters. The van der Waals surface area contributed by atoms with Gasteiger partial charge in [-0.15, -0.1) is 0 Å². The fourth-order valence-corrected chi connectivity index (χ4v) is 4.40. The maximum absolute atomic E-state index is 6.40. The summed E-state index contributed by atoms with van der Waals surface area (Å²) in [5.41, 5.74) is 5.24. The van der Waals surface area contributed by atoms with Gasteiger partial charge >= 0.3 is 0 Å². The molecule has 1 fully saturated rings. The van der Waals surface area contributed by atoms with Crippen molar-refractivity contribution < 1.29 is 4.74 Å². The van der Waals surface area contributed by atoms with Crippen molar-refractivity contribution in [2.75, 3.05) is 12.0 Å². The first-order valence-electron chi connectivity index (χ1n) is 9.00. The average Bonchev–Trinajstić information content (AvgIpc) is 3.20. The van der Waals surface area contributed by atoms with E-state index in [-0.39, 0.29) is 12.1 Å². The molecule has 4 rings (SSSR count). The van der Waals surface area contributed by atoms with Gasteiger partial charge in [-0.25, -0.2) is 0 Å². The van der Waals surface area contributed by atoms with Crippen LogP contribution in [0.25, 0.3) is 0 Å². The second-order valence-electron chi connectivity index (χ2n) is 6.85. The Labute approximate surface area is 174 Å². The fourth-order valence-electron chi connectivity index (χ4n) is 3.81. The summed E-state index contributed by atoms with van der Waals surface area (Å²) >= 11 is 12.1. The third-order valence-electron chi connectivity index (χ3n) is 5.02. The normalized spacial score (nSPS) is 19.0. The lowest BCUT2D eigenvalue weighted by Gasteiger charge is -2.28. The third kappa shape index (κ3) is 3.23. The largest absolute Gasteiger partial charge is 0.495 e. The molecule has 3 aromatic rings. The van der Waals surface area contributed by atoms with Gasteiger partial charge in [0.05, 0.1) is 29.9 Å². The highest BCUT2D eigenvalue weighted by atomic mass is 35.5. The number of nitrogens with one attached hydrogen (secondary N) is 2. The highest BCUT2D eigenvalue weighted by molar-refractivity contribution is 7.80. The molecule has 3 heterocycles. The van der Waals surface area contributed by atoms with Gasteiger partial charge < -0.3 is 19.9 Å². The van der Waals surface area contributed by atoms with Crippen LogP contribution < -0.4 is 15.0 Å². The monoisotopic (exact) mass is 412 g/mol. The SMILES string of the molecule is COc1ccc(N2C(=S)N[C@@H](c3ccccn3)[C@@H]2c2cc(C)[nH]c2C)cc1Cl. The van der Waals surface area contributed by atoms with Gasteiger partial charge in [0.1, 0.15) is 5.75 Å². The maximum Gasteiger partial charge on any atom is 0.174 e. The first-order chi connectivity index (χ1) is 13.5. The number of H-pyrrole nitrogens is 1. The topological polar surface area (TPSA) is 53.2 Å². The van der Waals surface area contributed by atoms with E-state index in [0.717, 1.165) is 22.8 Å². The zero-order chi connectivity index (χ0) is 19.8. The number of methoxy groups -OCH3 is 1. The molecule has 5 nitrogen and oxygen atoms in total. The van der Waals surface area contributed by atoms with Crippen molar-refractivity contribution in [2.45, 2.75) is 25.9 Å². The molecule has 7 heteroatoms. The van der Waals surface area contributed by atoms with E-state index < -0.39 is 0 Å². The molecule has 2 aromatic heterocycles. The molecular weight excluding hydrogens is 392 g/mol. The number of thiocarbonyl (C=S) groups is 1. The van der Waals surface area contributed by atoms with Gasteiger partial charge in [0, 0.05) is 23.3 Å². The van der Waals surface area contributed by atoms with Crippen molar-refractivity contribution >= 4 is 34.6 Å². The van der Waals surface area contributed by atoms with E-state index in [1.807, 2.05) is 36.4 Å². The number of rotatable bonds is 4. The molecule has 0 radical (unpaired) electrons. The van der Waals surface area contributed by atoms with Crippen LogP contribution in [0.3, 0.4) is 0 Å². The van der Waals surface area contributed by atoms with Gasteiger partial charge in [-0.1, -0.05) is 17.7 Å². The molecule has 144 valence electrons. The van der Waals surface area contributed by atoms with E-state index in [4.69, 9.17) is 28.6 Å². The van der Waals surface area contributed by atoms with Crippen molar-refractivity contribution in [3.05, 3.63) is 76.3 Å². The van der Waals surface area contributed by atoms with Gasteiger partial charge in [0.2, 0.25) is 0 Å². The molecule has 28 heavy (non-hydrogen) atoms. The van der Waals surface area contributed by atoms with Crippen molar-refractivity contribution in [1.82, 2.24) is 15.3 Å². The molecule has 0 aliphatic carbocycles. The Balaban J connectivity index is 1.85. The van der Waals surface area contributed by atoms with Crippen LogP contribution >= 0.6 is 23.8 Å². The lowest BCUT2D eigenvalue weighted by Crippen LogP contribution is -2.29. The minimum Gasteiger partial charge on any atom is -0.495 e. The zero-order valence-corrected chi connectivity index (χ0v) is 17.4. The Kier molecular flexibility index (Phi) is 5.00. The smallest absolute Gasteiger partial charge is 0.174 e. The van der Waals surface area contributed by atoms with Crippen molar-refractivity contribution in [1.29, 1.82) is 0 Å². The standard InChI is InChI=1S/C21H21ClN4OS/c1-12-10-15(13(2)24-12)20-19(17-6-4-5-9-23-17)25-21(28)26(20)14-7-8-18(27-3)16(22)11-14/h4-11,19-20,24H,1-3H3,(H,25,28)/t19-,20-/m0/s1. The van der Waals surface area contributed by atoms with Gasteiger partial charge in [-0.2, -0.15) is 0 Å². The number of benzene rings is 1. The van der Waals surface area contributed by atoms with E-state index in [0.29, 0.717) is 15.9 Å². The second-order valence-corrected chi connectivity index (χ2v) is 7.64. The molecule has 1 aliphatic heterocycles. The summed E-state index contributed by atoms with van der Waals surface area (Å²) in [6.45, 7) is 4.14. The molecular formula is C21H21ClN4OS. The van der Waals surface area contributed by atoms with Gasteiger partial charge in [0.15, 0.2) is 5.11 Å². The summed E-state index contributed by atoms with van der Waals surface area (Å²) in [6.07, 6.45) is 1.80. The number of nitrogens with zero attached hydrogens (tertiary/aromatic N) is 2. The molecule has 2 N–H and O–H groups in total. The summed E-state index contributed by atoms with van der Waals surface area (Å²) in [4.78, 5) is 10.1. The highest BCUT2D eigenvalue weighted by Gasteiger charge is 2.41. The Bertz CT molecular complexity index is 1020. The van der Waals surface area contributed by atoms with E-state index in [1.165, 1.54) is 5.56 Å². The Hall–Kier alpha value is -2.57. The molecule has 0 saturated carbocycles. The molecule has 1 aromatic carbocycles.